The fraction of sp³-hybridized carbons (Fsp3) is 0.357. The number of aromatic nitrogens is 2. The van der Waals surface area contributed by atoms with Crippen LogP contribution in [0.4, 0.5) is 0 Å². The van der Waals surface area contributed by atoms with Gasteiger partial charge < -0.3 is 5.32 Å². The molecule has 0 unspecified atom stereocenters. The van der Waals surface area contributed by atoms with E-state index in [9.17, 15) is 4.79 Å². The standard InChI is InChI=1S/C14H15N3O/c1-8-9(2)16-13-7-10(3-6-12(13)15-8)14(18)17-11-4-5-11/h3,6-7,11H,4-5H2,1-2H3,(H,17,18). The van der Waals surface area contributed by atoms with E-state index < -0.39 is 0 Å². The predicted octanol–water partition coefficient (Wildman–Crippen LogP) is 2.14. The van der Waals surface area contributed by atoms with E-state index in [0.717, 1.165) is 35.3 Å². The fourth-order valence-corrected chi connectivity index (χ4v) is 1.87. The van der Waals surface area contributed by atoms with Gasteiger partial charge in [0.1, 0.15) is 0 Å². The van der Waals surface area contributed by atoms with Gasteiger partial charge in [-0.3, -0.25) is 4.79 Å². The van der Waals surface area contributed by atoms with Crippen LogP contribution in [0, 0.1) is 13.8 Å². The monoisotopic (exact) mass is 241 g/mol. The summed E-state index contributed by atoms with van der Waals surface area (Å²) < 4.78 is 0. The van der Waals surface area contributed by atoms with E-state index in [2.05, 4.69) is 15.3 Å². The predicted molar refractivity (Wildman–Crippen MR) is 69.5 cm³/mol. The van der Waals surface area contributed by atoms with E-state index in [-0.39, 0.29) is 5.91 Å². The Balaban J connectivity index is 1.99. The van der Waals surface area contributed by atoms with Crippen molar-refractivity contribution in [3.63, 3.8) is 0 Å². The summed E-state index contributed by atoms with van der Waals surface area (Å²) in [5, 5.41) is 2.97. The zero-order valence-corrected chi connectivity index (χ0v) is 10.5. The van der Waals surface area contributed by atoms with Crippen LogP contribution >= 0.6 is 0 Å². The molecule has 4 nitrogen and oxygen atoms in total. The van der Waals surface area contributed by atoms with Crippen molar-refractivity contribution in [1.82, 2.24) is 15.3 Å². The maximum Gasteiger partial charge on any atom is 0.251 e. The van der Waals surface area contributed by atoms with Gasteiger partial charge in [-0.2, -0.15) is 0 Å². The lowest BCUT2D eigenvalue weighted by Crippen LogP contribution is -2.25. The zero-order chi connectivity index (χ0) is 12.7. The molecule has 3 rings (SSSR count). The van der Waals surface area contributed by atoms with Gasteiger partial charge in [-0.05, 0) is 44.9 Å². The Morgan fingerprint density at radius 2 is 1.83 bits per heavy atom. The number of nitrogens with one attached hydrogen (secondary N) is 1. The second-order valence-electron chi connectivity index (χ2n) is 4.85. The molecular formula is C14H15N3O. The summed E-state index contributed by atoms with van der Waals surface area (Å²) in [4.78, 5) is 20.9. The van der Waals surface area contributed by atoms with E-state index in [1.54, 1.807) is 0 Å². The first kappa shape index (κ1) is 11.1. The van der Waals surface area contributed by atoms with E-state index in [0.29, 0.717) is 11.6 Å². The second kappa shape index (κ2) is 4.05. The Labute approximate surface area is 105 Å². The number of benzene rings is 1. The Morgan fingerprint density at radius 3 is 2.50 bits per heavy atom. The lowest BCUT2D eigenvalue weighted by atomic mass is 10.1. The lowest BCUT2D eigenvalue weighted by molar-refractivity contribution is 0.0951. The molecule has 1 aliphatic rings. The SMILES string of the molecule is Cc1nc2ccc(C(=O)NC3CC3)cc2nc1C. The lowest BCUT2D eigenvalue weighted by Gasteiger charge is -2.06. The molecule has 1 aliphatic carbocycles. The third kappa shape index (κ3) is 2.06. The third-order valence-corrected chi connectivity index (χ3v) is 3.25. The van der Waals surface area contributed by atoms with Crippen molar-refractivity contribution in [1.29, 1.82) is 0 Å². The first-order valence-corrected chi connectivity index (χ1v) is 6.19. The normalized spacial score (nSPS) is 14.8. The molecule has 1 aromatic heterocycles. The quantitative estimate of drug-likeness (QED) is 0.876. The van der Waals surface area contributed by atoms with Gasteiger partial charge in [0.05, 0.1) is 22.4 Å². The Bertz CT molecular complexity index is 632. The van der Waals surface area contributed by atoms with Gasteiger partial charge in [0, 0.05) is 11.6 Å². The fourth-order valence-electron chi connectivity index (χ4n) is 1.87. The van der Waals surface area contributed by atoms with Gasteiger partial charge in [-0.15, -0.1) is 0 Å². The van der Waals surface area contributed by atoms with Gasteiger partial charge in [0.2, 0.25) is 0 Å². The second-order valence-corrected chi connectivity index (χ2v) is 4.85. The van der Waals surface area contributed by atoms with E-state index >= 15 is 0 Å². The summed E-state index contributed by atoms with van der Waals surface area (Å²) in [6.45, 7) is 3.87. The summed E-state index contributed by atoms with van der Waals surface area (Å²) in [6, 6.07) is 5.85. The number of nitrogens with zero attached hydrogens (tertiary/aromatic N) is 2. The van der Waals surface area contributed by atoms with Crippen LogP contribution in [-0.2, 0) is 0 Å². The van der Waals surface area contributed by atoms with E-state index in [1.165, 1.54) is 0 Å². The molecule has 92 valence electrons. The third-order valence-electron chi connectivity index (χ3n) is 3.25. The van der Waals surface area contributed by atoms with Crippen molar-refractivity contribution in [3.05, 3.63) is 35.2 Å². The van der Waals surface area contributed by atoms with Gasteiger partial charge >= 0.3 is 0 Å². The number of carbonyl (C=O) groups is 1. The summed E-state index contributed by atoms with van der Waals surface area (Å²) in [5.41, 5.74) is 4.11. The molecule has 0 atom stereocenters. The van der Waals surface area contributed by atoms with Crippen LogP contribution in [0.3, 0.4) is 0 Å². The molecule has 1 N–H and O–H groups in total. The first-order valence-electron chi connectivity index (χ1n) is 6.19. The zero-order valence-electron chi connectivity index (χ0n) is 10.5. The van der Waals surface area contributed by atoms with Crippen LogP contribution in [0.2, 0.25) is 0 Å². The van der Waals surface area contributed by atoms with Crippen LogP contribution < -0.4 is 5.32 Å². The highest BCUT2D eigenvalue weighted by Crippen LogP contribution is 2.20. The number of amides is 1. The minimum atomic E-state index is -0.0144. The maximum atomic E-state index is 11.9. The summed E-state index contributed by atoms with van der Waals surface area (Å²) in [6.07, 6.45) is 2.19. The molecule has 4 heteroatoms. The van der Waals surface area contributed by atoms with Crippen molar-refractivity contribution >= 4 is 16.9 Å². The maximum absolute atomic E-state index is 11.9. The topological polar surface area (TPSA) is 54.9 Å². The molecule has 0 spiro atoms. The van der Waals surface area contributed by atoms with Crippen LogP contribution in [-0.4, -0.2) is 21.9 Å². The van der Waals surface area contributed by atoms with Crippen molar-refractivity contribution in [2.24, 2.45) is 0 Å². The van der Waals surface area contributed by atoms with Crippen LogP contribution in [0.25, 0.3) is 11.0 Å². The number of carbonyl (C=O) groups excluding carboxylic acids is 1. The molecular weight excluding hydrogens is 226 g/mol. The molecule has 1 amide bonds. The summed E-state index contributed by atoms with van der Waals surface area (Å²) >= 11 is 0. The van der Waals surface area contributed by atoms with Gasteiger partial charge in [0.25, 0.3) is 5.91 Å². The van der Waals surface area contributed by atoms with Gasteiger partial charge in [0.15, 0.2) is 0 Å². The van der Waals surface area contributed by atoms with Crippen molar-refractivity contribution in [2.45, 2.75) is 32.7 Å². The molecule has 1 saturated carbocycles. The van der Waals surface area contributed by atoms with Crippen LogP contribution in [0.15, 0.2) is 18.2 Å². The van der Waals surface area contributed by atoms with Crippen molar-refractivity contribution in [3.8, 4) is 0 Å². The number of fused-ring (bicyclic) bond motifs is 1. The minimum absolute atomic E-state index is 0.0144. The Morgan fingerprint density at radius 1 is 1.17 bits per heavy atom. The molecule has 2 aromatic rings. The van der Waals surface area contributed by atoms with Crippen LogP contribution in [0.1, 0.15) is 34.6 Å². The number of hydrogen-bond donors (Lipinski definition) is 1. The molecule has 0 bridgehead atoms. The molecule has 0 aliphatic heterocycles. The number of rotatable bonds is 2. The number of hydrogen-bond acceptors (Lipinski definition) is 3. The Kier molecular flexibility index (Phi) is 2.51. The average molecular weight is 241 g/mol. The van der Waals surface area contributed by atoms with Gasteiger partial charge in [-0.1, -0.05) is 0 Å². The highest BCUT2D eigenvalue weighted by Gasteiger charge is 2.23. The van der Waals surface area contributed by atoms with E-state index in [4.69, 9.17) is 0 Å². The molecule has 0 saturated heterocycles. The average Bonchev–Trinajstić information content (AvgIpc) is 3.14. The molecule has 1 fully saturated rings. The highest BCUT2D eigenvalue weighted by molar-refractivity contribution is 5.97. The largest absolute Gasteiger partial charge is 0.349 e. The van der Waals surface area contributed by atoms with Gasteiger partial charge in [-0.25, -0.2) is 9.97 Å². The smallest absolute Gasteiger partial charge is 0.251 e. The first-order chi connectivity index (χ1) is 8.63. The summed E-state index contributed by atoms with van der Waals surface area (Å²) in [5.74, 6) is -0.0144. The van der Waals surface area contributed by atoms with Crippen molar-refractivity contribution in [2.75, 3.05) is 0 Å². The molecule has 0 radical (unpaired) electrons. The minimum Gasteiger partial charge on any atom is -0.349 e. The number of aryl methyl sites for hydroxylation is 2. The van der Waals surface area contributed by atoms with Crippen LogP contribution in [0.5, 0.6) is 0 Å². The molecule has 18 heavy (non-hydrogen) atoms. The molecule has 1 heterocycles. The summed E-state index contributed by atoms with van der Waals surface area (Å²) in [7, 11) is 0. The Hall–Kier alpha value is -1.97. The molecule has 1 aromatic carbocycles. The van der Waals surface area contributed by atoms with E-state index in [1.807, 2.05) is 32.0 Å². The highest BCUT2D eigenvalue weighted by atomic mass is 16.1. The van der Waals surface area contributed by atoms with Crippen molar-refractivity contribution < 1.29 is 4.79 Å².